The van der Waals surface area contributed by atoms with Gasteiger partial charge in [0.1, 0.15) is 0 Å². The van der Waals surface area contributed by atoms with E-state index < -0.39 is 0 Å². The number of carbonyl (C=O) groups is 1. The molecule has 0 saturated carbocycles. The standard InChI is InChI=1S/C22H23N3O/c1-16-9-7-8-12-21(16)25-17(2)13-20(18(25)3)15-23-24-22(26)14-19-10-5-4-6-11-19/h4-13,15H,14H2,1-3H3,(H,24,26)/b23-15+. The van der Waals surface area contributed by atoms with E-state index >= 15 is 0 Å². The summed E-state index contributed by atoms with van der Waals surface area (Å²) in [7, 11) is 0. The summed E-state index contributed by atoms with van der Waals surface area (Å²) in [6.07, 6.45) is 2.03. The van der Waals surface area contributed by atoms with Crippen LogP contribution in [0.5, 0.6) is 0 Å². The summed E-state index contributed by atoms with van der Waals surface area (Å²) < 4.78 is 2.21. The average molecular weight is 345 g/mol. The monoisotopic (exact) mass is 345 g/mol. The SMILES string of the molecule is Cc1ccccc1-n1c(C)cc(/C=N/NC(=O)Cc2ccccc2)c1C. The summed E-state index contributed by atoms with van der Waals surface area (Å²) in [5.41, 5.74) is 9.18. The van der Waals surface area contributed by atoms with Gasteiger partial charge in [-0.1, -0.05) is 48.5 Å². The number of aromatic nitrogens is 1. The Bertz CT molecular complexity index is 939. The van der Waals surface area contributed by atoms with Crippen molar-refractivity contribution in [1.29, 1.82) is 0 Å². The van der Waals surface area contributed by atoms with Gasteiger partial charge in [0, 0.05) is 22.6 Å². The molecule has 0 radical (unpaired) electrons. The molecule has 4 nitrogen and oxygen atoms in total. The van der Waals surface area contributed by atoms with Gasteiger partial charge in [0.25, 0.3) is 0 Å². The first-order chi connectivity index (χ1) is 12.6. The van der Waals surface area contributed by atoms with Gasteiger partial charge in [-0.05, 0) is 44.0 Å². The van der Waals surface area contributed by atoms with Gasteiger partial charge in [-0.25, -0.2) is 5.43 Å². The van der Waals surface area contributed by atoms with Crippen molar-refractivity contribution in [1.82, 2.24) is 9.99 Å². The van der Waals surface area contributed by atoms with Gasteiger partial charge in [0.15, 0.2) is 0 Å². The number of rotatable bonds is 5. The first kappa shape index (κ1) is 17.7. The molecule has 132 valence electrons. The Morgan fingerprint density at radius 1 is 1.04 bits per heavy atom. The molecule has 0 saturated heterocycles. The second-order valence-electron chi connectivity index (χ2n) is 6.40. The van der Waals surface area contributed by atoms with Crippen molar-refractivity contribution in [2.45, 2.75) is 27.2 Å². The minimum Gasteiger partial charge on any atom is -0.318 e. The molecule has 1 heterocycles. The molecule has 1 aromatic heterocycles. The lowest BCUT2D eigenvalue weighted by Gasteiger charge is -2.12. The predicted octanol–water partition coefficient (Wildman–Crippen LogP) is 4.10. The Balaban J connectivity index is 1.73. The lowest BCUT2D eigenvalue weighted by atomic mass is 10.1. The number of nitrogens with zero attached hydrogens (tertiary/aromatic N) is 2. The average Bonchev–Trinajstić information content (AvgIpc) is 2.90. The number of hydrazone groups is 1. The van der Waals surface area contributed by atoms with E-state index in [1.54, 1.807) is 6.21 Å². The predicted molar refractivity (Wildman–Crippen MR) is 106 cm³/mol. The minimum absolute atomic E-state index is 0.125. The number of aryl methyl sites for hydroxylation is 2. The first-order valence-corrected chi connectivity index (χ1v) is 8.67. The Morgan fingerprint density at radius 2 is 1.73 bits per heavy atom. The highest BCUT2D eigenvalue weighted by Gasteiger charge is 2.11. The van der Waals surface area contributed by atoms with Gasteiger partial charge >= 0.3 is 0 Å². The highest BCUT2D eigenvalue weighted by atomic mass is 16.2. The number of benzene rings is 2. The molecule has 26 heavy (non-hydrogen) atoms. The molecule has 0 aliphatic heterocycles. The zero-order chi connectivity index (χ0) is 18.5. The maximum absolute atomic E-state index is 12.0. The van der Waals surface area contributed by atoms with E-state index in [1.807, 2.05) is 42.5 Å². The van der Waals surface area contributed by atoms with Crippen LogP contribution in [0.3, 0.4) is 0 Å². The van der Waals surface area contributed by atoms with E-state index in [0.717, 1.165) is 28.2 Å². The second kappa shape index (κ2) is 7.83. The Hall–Kier alpha value is -3.14. The Kier molecular flexibility index (Phi) is 5.32. The van der Waals surface area contributed by atoms with Gasteiger partial charge in [-0.2, -0.15) is 5.10 Å². The van der Waals surface area contributed by atoms with Crippen LogP contribution in [0, 0.1) is 20.8 Å². The molecule has 0 bridgehead atoms. The van der Waals surface area contributed by atoms with E-state index in [2.05, 4.69) is 54.1 Å². The van der Waals surface area contributed by atoms with Crippen molar-refractivity contribution < 1.29 is 4.79 Å². The van der Waals surface area contributed by atoms with Crippen LogP contribution in [0.15, 0.2) is 65.8 Å². The summed E-state index contributed by atoms with van der Waals surface area (Å²) in [5, 5.41) is 4.13. The molecule has 4 heteroatoms. The van der Waals surface area contributed by atoms with E-state index in [-0.39, 0.29) is 5.91 Å². The highest BCUT2D eigenvalue weighted by molar-refractivity contribution is 5.84. The minimum atomic E-state index is -0.125. The second-order valence-corrected chi connectivity index (χ2v) is 6.40. The van der Waals surface area contributed by atoms with E-state index in [4.69, 9.17) is 0 Å². The quantitative estimate of drug-likeness (QED) is 0.549. The largest absolute Gasteiger partial charge is 0.318 e. The van der Waals surface area contributed by atoms with E-state index in [1.165, 1.54) is 5.56 Å². The molecule has 1 amide bonds. The van der Waals surface area contributed by atoms with Crippen molar-refractivity contribution in [2.75, 3.05) is 0 Å². The molecule has 0 atom stereocenters. The summed E-state index contributed by atoms with van der Waals surface area (Å²) in [6.45, 7) is 6.24. The summed E-state index contributed by atoms with van der Waals surface area (Å²) in [6, 6.07) is 20.0. The summed E-state index contributed by atoms with van der Waals surface area (Å²) in [5.74, 6) is -0.125. The zero-order valence-corrected chi connectivity index (χ0v) is 15.4. The fraction of sp³-hybridized carbons (Fsp3) is 0.182. The van der Waals surface area contributed by atoms with Gasteiger partial charge in [0.05, 0.1) is 12.6 Å². The Labute approximate surface area is 154 Å². The van der Waals surface area contributed by atoms with Crippen LogP contribution in [-0.4, -0.2) is 16.7 Å². The molecule has 0 aliphatic rings. The van der Waals surface area contributed by atoms with Gasteiger partial charge in [-0.15, -0.1) is 0 Å². The van der Waals surface area contributed by atoms with Crippen LogP contribution in [-0.2, 0) is 11.2 Å². The third kappa shape index (κ3) is 3.91. The summed E-state index contributed by atoms with van der Waals surface area (Å²) >= 11 is 0. The van der Waals surface area contributed by atoms with Gasteiger partial charge in [-0.3, -0.25) is 4.79 Å². The molecule has 0 aliphatic carbocycles. The Morgan fingerprint density at radius 3 is 2.46 bits per heavy atom. The topological polar surface area (TPSA) is 46.4 Å². The number of para-hydroxylation sites is 1. The van der Waals surface area contributed by atoms with Crippen LogP contribution in [0.4, 0.5) is 0 Å². The van der Waals surface area contributed by atoms with E-state index in [0.29, 0.717) is 6.42 Å². The number of hydrogen-bond acceptors (Lipinski definition) is 2. The molecule has 3 rings (SSSR count). The van der Waals surface area contributed by atoms with Crippen LogP contribution in [0.1, 0.15) is 28.1 Å². The lowest BCUT2D eigenvalue weighted by Crippen LogP contribution is -2.19. The third-order valence-corrected chi connectivity index (χ3v) is 4.43. The molecule has 1 N–H and O–H groups in total. The van der Waals surface area contributed by atoms with Gasteiger partial charge in [0.2, 0.25) is 5.91 Å². The smallest absolute Gasteiger partial charge is 0.244 e. The molecule has 2 aromatic carbocycles. The molecule has 0 unspecified atom stereocenters. The van der Waals surface area contributed by atoms with Crippen molar-refractivity contribution >= 4 is 12.1 Å². The highest BCUT2D eigenvalue weighted by Crippen LogP contribution is 2.22. The van der Waals surface area contributed by atoms with Crippen molar-refractivity contribution in [3.05, 3.63) is 88.7 Å². The third-order valence-electron chi connectivity index (χ3n) is 4.43. The summed E-state index contributed by atoms with van der Waals surface area (Å²) in [4.78, 5) is 12.0. The number of hydrogen-bond donors (Lipinski definition) is 1. The van der Waals surface area contributed by atoms with Crippen LogP contribution >= 0.6 is 0 Å². The van der Waals surface area contributed by atoms with Crippen molar-refractivity contribution in [3.8, 4) is 5.69 Å². The maximum Gasteiger partial charge on any atom is 0.244 e. The number of amides is 1. The molecule has 3 aromatic rings. The normalized spacial score (nSPS) is 11.0. The van der Waals surface area contributed by atoms with Crippen molar-refractivity contribution in [3.63, 3.8) is 0 Å². The molecular formula is C22H23N3O. The van der Waals surface area contributed by atoms with Gasteiger partial charge < -0.3 is 4.57 Å². The number of nitrogens with one attached hydrogen (secondary N) is 1. The maximum atomic E-state index is 12.0. The first-order valence-electron chi connectivity index (χ1n) is 8.67. The molecule has 0 spiro atoms. The van der Waals surface area contributed by atoms with Crippen LogP contribution < -0.4 is 5.43 Å². The fourth-order valence-corrected chi connectivity index (χ4v) is 3.10. The zero-order valence-electron chi connectivity index (χ0n) is 15.4. The number of carbonyl (C=O) groups excluding carboxylic acids is 1. The van der Waals surface area contributed by atoms with Crippen LogP contribution in [0.25, 0.3) is 5.69 Å². The van der Waals surface area contributed by atoms with Crippen molar-refractivity contribution in [2.24, 2.45) is 5.10 Å². The van der Waals surface area contributed by atoms with Crippen LogP contribution in [0.2, 0.25) is 0 Å². The molecular weight excluding hydrogens is 322 g/mol. The lowest BCUT2D eigenvalue weighted by molar-refractivity contribution is -0.120. The van der Waals surface area contributed by atoms with E-state index in [9.17, 15) is 4.79 Å². The fourth-order valence-electron chi connectivity index (χ4n) is 3.10. The molecule has 0 fully saturated rings.